The number of aromatic nitrogens is 2. The van der Waals surface area contributed by atoms with Crippen LogP contribution >= 0.6 is 23.1 Å². The Morgan fingerprint density at radius 3 is 2.94 bits per heavy atom. The summed E-state index contributed by atoms with van der Waals surface area (Å²) in [5.41, 5.74) is 1.24. The van der Waals surface area contributed by atoms with E-state index in [1.54, 1.807) is 23.6 Å². The summed E-state index contributed by atoms with van der Waals surface area (Å²) in [7, 11) is 0. The van der Waals surface area contributed by atoms with Gasteiger partial charge in [-0.15, -0.1) is 5.10 Å². The van der Waals surface area contributed by atoms with Crippen LogP contribution in [-0.4, -0.2) is 26.8 Å². The summed E-state index contributed by atoms with van der Waals surface area (Å²) < 4.78 is 9.12. The summed E-state index contributed by atoms with van der Waals surface area (Å²) in [5.74, 6) is -0.616. The van der Waals surface area contributed by atoms with Gasteiger partial charge in [0.1, 0.15) is 11.4 Å². The zero-order chi connectivity index (χ0) is 13.1. The average molecular weight is 285 g/mol. The number of nitrogens with zero attached hydrogens (tertiary/aromatic N) is 2. The first-order chi connectivity index (χ1) is 8.58. The summed E-state index contributed by atoms with van der Waals surface area (Å²) in [4.78, 5) is 10.8. The zero-order valence-electron chi connectivity index (χ0n) is 9.33. The minimum atomic E-state index is -1.03. The van der Waals surface area contributed by atoms with Gasteiger partial charge in [-0.2, -0.15) is 0 Å². The smallest absolute Gasteiger partial charge is 0.344 e. The Morgan fingerprint density at radius 2 is 2.33 bits per heavy atom. The number of carboxylic acid groups (broad SMARTS) is 1. The maximum absolute atomic E-state index is 10.8. The molecule has 0 spiro atoms. The van der Waals surface area contributed by atoms with Crippen LogP contribution in [0.2, 0.25) is 5.02 Å². The molecule has 1 atom stereocenters. The number of benzene rings is 1. The quantitative estimate of drug-likeness (QED) is 0.934. The van der Waals surface area contributed by atoms with Gasteiger partial charge in [0.2, 0.25) is 0 Å². The van der Waals surface area contributed by atoms with Gasteiger partial charge in [0.25, 0.3) is 0 Å². The third kappa shape index (κ3) is 2.77. The number of ether oxygens (including phenoxy) is 1. The first-order valence-electron chi connectivity index (χ1n) is 5.04. The number of carbonyl (C=O) groups is 1. The molecule has 0 unspecified atom stereocenters. The summed E-state index contributed by atoms with van der Waals surface area (Å²) in [6.07, 6.45) is -0.948. The van der Waals surface area contributed by atoms with Crippen molar-refractivity contribution in [2.75, 3.05) is 0 Å². The summed E-state index contributed by atoms with van der Waals surface area (Å²) in [6, 6.07) is 4.92. The summed E-state index contributed by atoms with van der Waals surface area (Å²) >= 11 is 7.11. The van der Waals surface area contributed by atoms with Crippen molar-refractivity contribution in [3.63, 3.8) is 0 Å². The molecule has 2 aromatic rings. The lowest BCUT2D eigenvalue weighted by Gasteiger charge is -2.13. The third-order valence-corrected chi connectivity index (χ3v) is 2.97. The minimum absolute atomic E-state index is 0.419. The Morgan fingerprint density at radius 1 is 1.56 bits per heavy atom. The lowest BCUT2D eigenvalue weighted by Crippen LogP contribution is -2.23. The molecule has 0 amide bonds. The minimum Gasteiger partial charge on any atom is -0.479 e. The number of rotatable bonds is 4. The fraction of sp³-hybridized carbons (Fsp3) is 0.182. The van der Waals surface area contributed by atoms with E-state index in [1.165, 1.54) is 18.5 Å². The Kier molecular flexibility index (Phi) is 3.78. The predicted octanol–water partition coefficient (Wildman–Crippen LogP) is 2.71. The molecule has 0 radical (unpaired) electrons. The van der Waals surface area contributed by atoms with E-state index in [2.05, 4.69) is 9.59 Å². The van der Waals surface area contributed by atoms with E-state index in [4.69, 9.17) is 21.4 Å². The summed E-state index contributed by atoms with van der Waals surface area (Å²) in [6.45, 7) is 1.46. The topological polar surface area (TPSA) is 72.3 Å². The maximum atomic E-state index is 10.8. The first-order valence-corrected chi connectivity index (χ1v) is 6.26. The Labute approximate surface area is 112 Å². The van der Waals surface area contributed by atoms with Crippen molar-refractivity contribution in [1.29, 1.82) is 0 Å². The molecule has 1 heterocycles. The van der Waals surface area contributed by atoms with Gasteiger partial charge in [-0.25, -0.2) is 4.79 Å². The standard InChI is InChI=1S/C11H9ClN2O3S/c1-6(11(15)16)17-10-3-2-7(12)4-8(10)9-5-18-14-13-9/h2-6H,1H3,(H,15,16)/t6-/m0/s1. The van der Waals surface area contributed by atoms with E-state index in [0.29, 0.717) is 22.0 Å². The van der Waals surface area contributed by atoms with Crippen molar-refractivity contribution >= 4 is 29.1 Å². The molecule has 0 saturated carbocycles. The van der Waals surface area contributed by atoms with Crippen molar-refractivity contribution in [3.05, 3.63) is 28.6 Å². The highest BCUT2D eigenvalue weighted by Gasteiger charge is 2.16. The van der Waals surface area contributed by atoms with Gasteiger partial charge in [0.05, 0.1) is 0 Å². The molecule has 1 aromatic heterocycles. The number of hydrogen-bond donors (Lipinski definition) is 1. The molecular formula is C11H9ClN2O3S. The predicted molar refractivity (Wildman–Crippen MR) is 68.1 cm³/mol. The van der Waals surface area contributed by atoms with Crippen LogP contribution in [0, 0.1) is 0 Å². The van der Waals surface area contributed by atoms with Crippen LogP contribution in [0.3, 0.4) is 0 Å². The van der Waals surface area contributed by atoms with Crippen molar-refractivity contribution in [3.8, 4) is 17.0 Å². The molecule has 1 N–H and O–H groups in total. The Bertz CT molecular complexity index is 559. The number of hydrogen-bond acceptors (Lipinski definition) is 5. The fourth-order valence-electron chi connectivity index (χ4n) is 1.33. The second-order valence-electron chi connectivity index (χ2n) is 3.53. The highest BCUT2D eigenvalue weighted by molar-refractivity contribution is 7.03. The van der Waals surface area contributed by atoms with Crippen LogP contribution in [0.1, 0.15) is 6.92 Å². The SMILES string of the molecule is C[C@H](Oc1ccc(Cl)cc1-c1csnn1)C(=O)O. The molecule has 1 aromatic carbocycles. The van der Waals surface area contributed by atoms with E-state index < -0.39 is 12.1 Å². The maximum Gasteiger partial charge on any atom is 0.344 e. The lowest BCUT2D eigenvalue weighted by atomic mass is 10.1. The molecular weight excluding hydrogens is 276 g/mol. The average Bonchev–Trinajstić information content (AvgIpc) is 2.84. The number of halogens is 1. The van der Waals surface area contributed by atoms with Gasteiger partial charge in [-0.3, -0.25) is 0 Å². The van der Waals surface area contributed by atoms with Crippen molar-refractivity contribution in [2.45, 2.75) is 13.0 Å². The van der Waals surface area contributed by atoms with Crippen LogP contribution in [0.4, 0.5) is 0 Å². The van der Waals surface area contributed by atoms with Crippen LogP contribution in [0.25, 0.3) is 11.3 Å². The first kappa shape index (κ1) is 12.8. The van der Waals surface area contributed by atoms with Gasteiger partial charge < -0.3 is 9.84 Å². The summed E-state index contributed by atoms with van der Waals surface area (Å²) in [5, 5.41) is 15.0. The van der Waals surface area contributed by atoms with Crippen LogP contribution in [0.5, 0.6) is 5.75 Å². The van der Waals surface area contributed by atoms with E-state index in [9.17, 15) is 4.79 Å². The van der Waals surface area contributed by atoms with Crippen LogP contribution < -0.4 is 4.74 Å². The zero-order valence-corrected chi connectivity index (χ0v) is 10.9. The van der Waals surface area contributed by atoms with E-state index in [-0.39, 0.29) is 0 Å². The molecule has 0 fully saturated rings. The van der Waals surface area contributed by atoms with Gasteiger partial charge in [-0.05, 0) is 36.7 Å². The second-order valence-corrected chi connectivity index (χ2v) is 4.58. The monoisotopic (exact) mass is 284 g/mol. The Balaban J connectivity index is 2.38. The number of aliphatic carboxylic acids is 1. The molecule has 0 aliphatic heterocycles. The molecule has 0 aliphatic carbocycles. The van der Waals surface area contributed by atoms with Gasteiger partial charge in [-0.1, -0.05) is 16.1 Å². The van der Waals surface area contributed by atoms with Crippen molar-refractivity contribution in [1.82, 2.24) is 9.59 Å². The van der Waals surface area contributed by atoms with Gasteiger partial charge in [0.15, 0.2) is 6.10 Å². The molecule has 0 aliphatic rings. The number of carboxylic acids is 1. The normalized spacial score (nSPS) is 12.1. The van der Waals surface area contributed by atoms with Crippen molar-refractivity contribution < 1.29 is 14.6 Å². The largest absolute Gasteiger partial charge is 0.479 e. The molecule has 7 heteroatoms. The van der Waals surface area contributed by atoms with E-state index in [0.717, 1.165) is 0 Å². The second kappa shape index (κ2) is 5.32. The highest BCUT2D eigenvalue weighted by Crippen LogP contribution is 2.32. The van der Waals surface area contributed by atoms with Crippen LogP contribution in [0.15, 0.2) is 23.6 Å². The molecule has 94 valence electrons. The van der Waals surface area contributed by atoms with Crippen molar-refractivity contribution in [2.24, 2.45) is 0 Å². The van der Waals surface area contributed by atoms with Gasteiger partial charge >= 0.3 is 5.97 Å². The highest BCUT2D eigenvalue weighted by atomic mass is 35.5. The molecule has 2 rings (SSSR count). The molecule has 0 saturated heterocycles. The third-order valence-electron chi connectivity index (χ3n) is 2.23. The van der Waals surface area contributed by atoms with Crippen LogP contribution in [-0.2, 0) is 4.79 Å². The fourth-order valence-corrected chi connectivity index (χ4v) is 1.96. The molecule has 0 bridgehead atoms. The molecule has 18 heavy (non-hydrogen) atoms. The lowest BCUT2D eigenvalue weighted by molar-refractivity contribution is -0.144. The van der Waals surface area contributed by atoms with Gasteiger partial charge in [0, 0.05) is 16.0 Å². The van der Waals surface area contributed by atoms with E-state index in [1.807, 2.05) is 0 Å². The Hall–Kier alpha value is -1.66. The van der Waals surface area contributed by atoms with E-state index >= 15 is 0 Å². The molecule has 5 nitrogen and oxygen atoms in total.